The highest BCUT2D eigenvalue weighted by Crippen LogP contribution is 2.40. The molecular formula is C12H20FN5. The number of halogens is 1. The molecule has 0 spiro atoms. The van der Waals surface area contributed by atoms with E-state index in [-0.39, 0.29) is 17.2 Å². The Labute approximate surface area is 106 Å². The minimum Gasteiger partial charge on any atom is -0.367 e. The van der Waals surface area contributed by atoms with Gasteiger partial charge in [-0.1, -0.05) is 19.8 Å². The molecule has 1 aliphatic carbocycles. The van der Waals surface area contributed by atoms with Gasteiger partial charge in [-0.25, -0.2) is 15.2 Å². The van der Waals surface area contributed by atoms with E-state index in [2.05, 4.69) is 27.6 Å². The van der Waals surface area contributed by atoms with Gasteiger partial charge in [-0.05, 0) is 24.7 Å². The number of nitrogens with one attached hydrogen (secondary N) is 2. The van der Waals surface area contributed by atoms with Crippen LogP contribution >= 0.6 is 0 Å². The summed E-state index contributed by atoms with van der Waals surface area (Å²) in [5.41, 5.74) is 2.60. The molecule has 6 heteroatoms. The summed E-state index contributed by atoms with van der Waals surface area (Å²) in [6.45, 7) is 2.94. The van der Waals surface area contributed by atoms with Crippen LogP contribution in [-0.2, 0) is 0 Å². The molecule has 1 fully saturated rings. The van der Waals surface area contributed by atoms with Gasteiger partial charge in [0.15, 0.2) is 11.6 Å². The number of rotatable bonds is 5. The van der Waals surface area contributed by atoms with Crippen LogP contribution in [0, 0.1) is 11.2 Å². The van der Waals surface area contributed by atoms with Crippen molar-refractivity contribution < 1.29 is 4.39 Å². The second kappa shape index (κ2) is 5.48. The maximum Gasteiger partial charge on any atom is 0.239 e. The van der Waals surface area contributed by atoms with E-state index >= 15 is 0 Å². The number of nitrogens with two attached hydrogens (primary N) is 1. The summed E-state index contributed by atoms with van der Waals surface area (Å²) in [5.74, 6) is 5.21. The molecular weight excluding hydrogens is 233 g/mol. The van der Waals surface area contributed by atoms with E-state index in [4.69, 9.17) is 5.84 Å². The molecule has 0 amide bonds. The van der Waals surface area contributed by atoms with E-state index in [1.54, 1.807) is 0 Å². The zero-order chi connectivity index (χ0) is 13.0. The van der Waals surface area contributed by atoms with Gasteiger partial charge in [-0.3, -0.25) is 5.43 Å². The zero-order valence-electron chi connectivity index (χ0n) is 10.7. The van der Waals surface area contributed by atoms with Gasteiger partial charge in [0.1, 0.15) is 0 Å². The minimum atomic E-state index is -0.446. The van der Waals surface area contributed by atoms with Crippen LogP contribution < -0.4 is 16.6 Å². The first-order chi connectivity index (χ1) is 8.69. The van der Waals surface area contributed by atoms with Gasteiger partial charge < -0.3 is 5.32 Å². The zero-order valence-corrected chi connectivity index (χ0v) is 10.7. The summed E-state index contributed by atoms with van der Waals surface area (Å²) >= 11 is 0. The average molecular weight is 253 g/mol. The minimum absolute atomic E-state index is 0.218. The lowest BCUT2D eigenvalue weighted by molar-refractivity contribution is 0.306. The first-order valence-corrected chi connectivity index (χ1v) is 6.42. The highest BCUT2D eigenvalue weighted by Gasteiger charge is 2.31. The number of hydrogen-bond donors (Lipinski definition) is 3. The number of hydrogen-bond acceptors (Lipinski definition) is 5. The maximum atomic E-state index is 13.6. The van der Waals surface area contributed by atoms with Crippen LogP contribution in [0.25, 0.3) is 0 Å². The first-order valence-electron chi connectivity index (χ1n) is 6.42. The third kappa shape index (κ3) is 2.69. The molecule has 2 rings (SSSR count). The Morgan fingerprint density at radius 1 is 1.44 bits per heavy atom. The molecule has 1 heterocycles. The standard InChI is InChI=1S/C12H20FN5/c1-2-12(5-3-4-6-12)8-16-10-9(13)7-15-11(17-10)18-14/h7H,2-6,8,14H2,1H3,(H2,15,16,17,18). The van der Waals surface area contributed by atoms with E-state index in [0.29, 0.717) is 0 Å². The number of hydrazine groups is 1. The van der Waals surface area contributed by atoms with Crippen molar-refractivity contribution in [3.05, 3.63) is 12.0 Å². The Bertz CT molecular complexity index is 403. The van der Waals surface area contributed by atoms with Crippen molar-refractivity contribution in [1.29, 1.82) is 0 Å². The highest BCUT2D eigenvalue weighted by atomic mass is 19.1. The van der Waals surface area contributed by atoms with Crippen molar-refractivity contribution in [2.24, 2.45) is 11.3 Å². The smallest absolute Gasteiger partial charge is 0.239 e. The van der Waals surface area contributed by atoms with E-state index in [1.807, 2.05) is 0 Å². The Morgan fingerprint density at radius 2 is 2.17 bits per heavy atom. The molecule has 18 heavy (non-hydrogen) atoms. The lowest BCUT2D eigenvalue weighted by Crippen LogP contribution is -2.27. The Morgan fingerprint density at radius 3 is 2.78 bits per heavy atom. The van der Waals surface area contributed by atoms with Gasteiger partial charge in [-0.15, -0.1) is 0 Å². The van der Waals surface area contributed by atoms with Crippen LogP contribution in [0.15, 0.2) is 6.20 Å². The summed E-state index contributed by atoms with van der Waals surface area (Å²) in [4.78, 5) is 7.70. The monoisotopic (exact) mass is 253 g/mol. The molecule has 0 atom stereocenters. The third-order valence-corrected chi connectivity index (χ3v) is 3.92. The number of nitrogens with zero attached hydrogens (tertiary/aromatic N) is 2. The van der Waals surface area contributed by atoms with Crippen LogP contribution in [0.2, 0.25) is 0 Å². The fourth-order valence-corrected chi connectivity index (χ4v) is 2.61. The van der Waals surface area contributed by atoms with E-state index < -0.39 is 5.82 Å². The van der Waals surface area contributed by atoms with E-state index in [9.17, 15) is 4.39 Å². The van der Waals surface area contributed by atoms with Crippen molar-refractivity contribution in [2.75, 3.05) is 17.3 Å². The van der Waals surface area contributed by atoms with Gasteiger partial charge >= 0.3 is 0 Å². The molecule has 0 bridgehead atoms. The Kier molecular flexibility index (Phi) is 3.96. The summed E-state index contributed by atoms with van der Waals surface area (Å²) in [5, 5.41) is 3.10. The largest absolute Gasteiger partial charge is 0.367 e. The maximum absolute atomic E-state index is 13.6. The molecule has 1 aliphatic rings. The van der Waals surface area contributed by atoms with Gasteiger partial charge in [-0.2, -0.15) is 4.98 Å². The number of nitrogen functional groups attached to an aromatic ring is 1. The van der Waals surface area contributed by atoms with Crippen LogP contribution in [0.5, 0.6) is 0 Å². The predicted molar refractivity (Wildman–Crippen MR) is 69.5 cm³/mol. The van der Waals surface area contributed by atoms with Crippen LogP contribution in [-0.4, -0.2) is 16.5 Å². The van der Waals surface area contributed by atoms with Crippen molar-refractivity contribution >= 4 is 11.8 Å². The summed E-state index contributed by atoms with van der Waals surface area (Å²) < 4.78 is 13.6. The van der Waals surface area contributed by atoms with Crippen molar-refractivity contribution in [3.63, 3.8) is 0 Å². The van der Waals surface area contributed by atoms with E-state index in [0.717, 1.165) is 19.2 Å². The molecule has 1 saturated carbocycles. The lowest BCUT2D eigenvalue weighted by Gasteiger charge is -2.28. The first kappa shape index (κ1) is 13.0. The quantitative estimate of drug-likeness (QED) is 0.554. The second-order valence-corrected chi connectivity index (χ2v) is 4.95. The van der Waals surface area contributed by atoms with Gasteiger partial charge in [0.05, 0.1) is 6.20 Å². The number of aromatic nitrogens is 2. The van der Waals surface area contributed by atoms with Gasteiger partial charge in [0.2, 0.25) is 5.95 Å². The molecule has 0 aliphatic heterocycles. The SMILES string of the molecule is CCC1(CNc2nc(NN)ncc2F)CCCC1. The average Bonchev–Trinajstić information content (AvgIpc) is 2.87. The van der Waals surface area contributed by atoms with Crippen LogP contribution in [0.4, 0.5) is 16.2 Å². The molecule has 0 unspecified atom stereocenters. The molecule has 1 aromatic rings. The highest BCUT2D eigenvalue weighted by molar-refractivity contribution is 5.40. The third-order valence-electron chi connectivity index (χ3n) is 3.92. The Balaban J connectivity index is 2.05. The Hall–Kier alpha value is -1.43. The van der Waals surface area contributed by atoms with Crippen molar-refractivity contribution in [2.45, 2.75) is 39.0 Å². The van der Waals surface area contributed by atoms with Crippen molar-refractivity contribution in [1.82, 2.24) is 9.97 Å². The summed E-state index contributed by atoms with van der Waals surface area (Å²) in [7, 11) is 0. The molecule has 0 aromatic carbocycles. The molecule has 100 valence electrons. The van der Waals surface area contributed by atoms with Gasteiger partial charge in [0, 0.05) is 6.54 Å². The van der Waals surface area contributed by atoms with Crippen LogP contribution in [0.3, 0.4) is 0 Å². The van der Waals surface area contributed by atoms with Crippen molar-refractivity contribution in [3.8, 4) is 0 Å². The second-order valence-electron chi connectivity index (χ2n) is 4.95. The molecule has 0 saturated heterocycles. The lowest BCUT2D eigenvalue weighted by atomic mass is 9.83. The topological polar surface area (TPSA) is 75.9 Å². The van der Waals surface area contributed by atoms with E-state index in [1.165, 1.54) is 25.7 Å². The summed E-state index contributed by atoms with van der Waals surface area (Å²) in [6.07, 6.45) is 7.15. The molecule has 5 nitrogen and oxygen atoms in total. The molecule has 1 aromatic heterocycles. The van der Waals surface area contributed by atoms with Gasteiger partial charge in [0.25, 0.3) is 0 Å². The number of anilines is 2. The fourth-order valence-electron chi connectivity index (χ4n) is 2.61. The molecule has 0 radical (unpaired) electrons. The normalized spacial score (nSPS) is 17.7. The fraction of sp³-hybridized carbons (Fsp3) is 0.667. The molecule has 4 N–H and O–H groups in total. The van der Waals surface area contributed by atoms with Crippen LogP contribution in [0.1, 0.15) is 39.0 Å². The predicted octanol–water partition coefficient (Wildman–Crippen LogP) is 2.28. The summed E-state index contributed by atoms with van der Waals surface area (Å²) in [6, 6.07) is 0.